The van der Waals surface area contributed by atoms with Crippen LogP contribution in [0.4, 0.5) is 10.5 Å². The van der Waals surface area contributed by atoms with Gasteiger partial charge < -0.3 is 19.9 Å². The number of rotatable bonds is 6. The van der Waals surface area contributed by atoms with Crippen LogP contribution in [0.1, 0.15) is 5.56 Å². The van der Waals surface area contributed by atoms with Gasteiger partial charge in [-0.2, -0.15) is 0 Å². The molecule has 27 heavy (non-hydrogen) atoms. The molecular weight excluding hydrogens is 368 g/mol. The van der Waals surface area contributed by atoms with Crippen LogP contribution in [0.25, 0.3) is 5.69 Å². The largest absolute Gasteiger partial charge is 0.445 e. The summed E-state index contributed by atoms with van der Waals surface area (Å²) in [4.78, 5) is 27.6. The maximum Gasteiger partial charge on any atom is 0.407 e. The minimum absolute atomic E-state index is 0.139. The van der Waals surface area contributed by atoms with Gasteiger partial charge in [0.15, 0.2) is 0 Å². The molecule has 0 aliphatic rings. The number of alkyl carbamates (subject to hydrolysis) is 1. The highest BCUT2D eigenvalue weighted by Crippen LogP contribution is 2.24. The van der Waals surface area contributed by atoms with Gasteiger partial charge in [-0.25, -0.2) is 9.78 Å². The first-order valence-electron chi connectivity index (χ1n) is 8.14. The van der Waals surface area contributed by atoms with Crippen molar-refractivity contribution in [2.24, 2.45) is 0 Å². The van der Waals surface area contributed by atoms with Crippen molar-refractivity contribution in [3.8, 4) is 5.69 Å². The Morgan fingerprint density at radius 3 is 2.67 bits per heavy atom. The lowest BCUT2D eigenvalue weighted by atomic mass is 10.2. The van der Waals surface area contributed by atoms with Crippen LogP contribution in [-0.4, -0.2) is 28.1 Å². The summed E-state index contributed by atoms with van der Waals surface area (Å²) in [5.41, 5.74) is 2.13. The molecule has 138 valence electrons. The van der Waals surface area contributed by atoms with E-state index in [-0.39, 0.29) is 13.2 Å². The Morgan fingerprint density at radius 2 is 1.96 bits per heavy atom. The van der Waals surface area contributed by atoms with Crippen molar-refractivity contribution in [2.45, 2.75) is 6.61 Å². The molecule has 0 fully saturated rings. The van der Waals surface area contributed by atoms with E-state index in [0.29, 0.717) is 10.7 Å². The van der Waals surface area contributed by atoms with Gasteiger partial charge in [0.05, 0.1) is 17.0 Å². The Hall–Kier alpha value is -3.32. The SMILES string of the molecule is O=C(CNC(=O)OCc1ccccc1)Nc1ccc(-n2ccnc2)c(Cl)c1. The predicted molar refractivity (Wildman–Crippen MR) is 102 cm³/mol. The Kier molecular flexibility index (Phi) is 6.06. The summed E-state index contributed by atoms with van der Waals surface area (Å²) in [7, 11) is 0. The second-order valence-electron chi connectivity index (χ2n) is 5.60. The Morgan fingerprint density at radius 1 is 1.15 bits per heavy atom. The maximum absolute atomic E-state index is 12.0. The van der Waals surface area contributed by atoms with Crippen molar-refractivity contribution in [2.75, 3.05) is 11.9 Å². The van der Waals surface area contributed by atoms with Crippen molar-refractivity contribution in [3.63, 3.8) is 0 Å². The molecule has 0 saturated carbocycles. The minimum Gasteiger partial charge on any atom is -0.445 e. The standard InChI is InChI=1S/C19H17ClN4O3/c20-16-10-15(6-7-17(16)24-9-8-21-13-24)23-18(25)11-22-19(26)27-12-14-4-2-1-3-5-14/h1-10,13H,11-12H2,(H,22,26)(H,23,25). The Bertz CT molecular complexity index is 914. The molecule has 0 bridgehead atoms. The number of anilines is 1. The molecule has 3 aromatic rings. The van der Waals surface area contributed by atoms with Crippen molar-refractivity contribution in [1.82, 2.24) is 14.9 Å². The van der Waals surface area contributed by atoms with Crippen LogP contribution in [0.3, 0.4) is 0 Å². The van der Waals surface area contributed by atoms with Gasteiger partial charge in [0.2, 0.25) is 5.91 Å². The Balaban J connectivity index is 1.46. The Labute approximate surface area is 160 Å². The lowest BCUT2D eigenvalue weighted by Crippen LogP contribution is -2.33. The topological polar surface area (TPSA) is 85.3 Å². The molecule has 1 heterocycles. The van der Waals surface area contributed by atoms with E-state index in [1.54, 1.807) is 41.5 Å². The van der Waals surface area contributed by atoms with Crippen LogP contribution in [0.15, 0.2) is 67.3 Å². The highest BCUT2D eigenvalue weighted by atomic mass is 35.5. The van der Waals surface area contributed by atoms with E-state index >= 15 is 0 Å². The molecule has 0 unspecified atom stereocenters. The number of aromatic nitrogens is 2. The summed E-state index contributed by atoms with van der Waals surface area (Å²) in [6, 6.07) is 14.4. The number of benzene rings is 2. The summed E-state index contributed by atoms with van der Waals surface area (Å²) in [5, 5.41) is 5.53. The second kappa shape index (κ2) is 8.86. The first kappa shape index (κ1) is 18.5. The number of hydrogen-bond donors (Lipinski definition) is 2. The number of nitrogens with one attached hydrogen (secondary N) is 2. The molecule has 0 aliphatic heterocycles. The number of carbonyl (C=O) groups is 2. The average Bonchev–Trinajstić information content (AvgIpc) is 3.20. The zero-order valence-corrected chi connectivity index (χ0v) is 15.0. The fraction of sp³-hybridized carbons (Fsp3) is 0.105. The van der Waals surface area contributed by atoms with Gasteiger partial charge in [-0.3, -0.25) is 4.79 Å². The van der Waals surface area contributed by atoms with Gasteiger partial charge in [0.1, 0.15) is 13.2 Å². The molecule has 2 aromatic carbocycles. The van der Waals surface area contributed by atoms with E-state index < -0.39 is 12.0 Å². The lowest BCUT2D eigenvalue weighted by Gasteiger charge is -2.10. The normalized spacial score (nSPS) is 10.3. The molecule has 2 amide bonds. The first-order chi connectivity index (χ1) is 13.1. The van der Waals surface area contributed by atoms with Gasteiger partial charge in [-0.1, -0.05) is 41.9 Å². The molecule has 7 nitrogen and oxygen atoms in total. The van der Waals surface area contributed by atoms with Gasteiger partial charge in [-0.05, 0) is 23.8 Å². The van der Waals surface area contributed by atoms with Crippen molar-refractivity contribution < 1.29 is 14.3 Å². The fourth-order valence-corrected chi connectivity index (χ4v) is 2.61. The zero-order valence-electron chi connectivity index (χ0n) is 14.3. The van der Waals surface area contributed by atoms with Gasteiger partial charge in [0, 0.05) is 18.1 Å². The number of carbonyl (C=O) groups excluding carboxylic acids is 2. The van der Waals surface area contributed by atoms with E-state index in [1.807, 2.05) is 30.3 Å². The van der Waals surface area contributed by atoms with E-state index in [1.165, 1.54) is 0 Å². The summed E-state index contributed by atoms with van der Waals surface area (Å²) >= 11 is 6.24. The van der Waals surface area contributed by atoms with Crippen molar-refractivity contribution >= 4 is 29.3 Å². The van der Waals surface area contributed by atoms with Crippen LogP contribution < -0.4 is 10.6 Å². The van der Waals surface area contributed by atoms with Gasteiger partial charge in [0.25, 0.3) is 0 Å². The number of halogens is 1. The van der Waals surface area contributed by atoms with Crippen LogP contribution in [0.2, 0.25) is 5.02 Å². The summed E-state index contributed by atoms with van der Waals surface area (Å²) in [6.07, 6.45) is 4.38. The molecule has 0 aliphatic carbocycles. The quantitative estimate of drug-likeness (QED) is 0.682. The average molecular weight is 385 g/mol. The first-order valence-corrected chi connectivity index (χ1v) is 8.52. The lowest BCUT2D eigenvalue weighted by molar-refractivity contribution is -0.115. The maximum atomic E-state index is 12.0. The predicted octanol–water partition coefficient (Wildman–Crippen LogP) is 3.39. The third kappa shape index (κ3) is 5.32. The minimum atomic E-state index is -0.664. The zero-order chi connectivity index (χ0) is 19.1. The monoisotopic (exact) mass is 384 g/mol. The smallest absolute Gasteiger partial charge is 0.407 e. The van der Waals surface area contributed by atoms with Crippen LogP contribution in [-0.2, 0) is 16.1 Å². The summed E-state index contributed by atoms with van der Waals surface area (Å²) < 4.78 is 6.81. The molecule has 0 radical (unpaired) electrons. The van der Waals surface area contributed by atoms with Crippen LogP contribution in [0, 0.1) is 0 Å². The third-order valence-corrected chi connectivity index (χ3v) is 3.92. The molecule has 0 atom stereocenters. The van der Waals surface area contributed by atoms with Crippen molar-refractivity contribution in [3.05, 3.63) is 77.8 Å². The number of amides is 2. The number of nitrogens with zero attached hydrogens (tertiary/aromatic N) is 2. The highest BCUT2D eigenvalue weighted by Gasteiger charge is 2.09. The van der Waals surface area contributed by atoms with Crippen LogP contribution in [0.5, 0.6) is 0 Å². The molecule has 0 saturated heterocycles. The van der Waals surface area contributed by atoms with E-state index in [2.05, 4.69) is 15.6 Å². The molecule has 8 heteroatoms. The van der Waals surface area contributed by atoms with Crippen LogP contribution >= 0.6 is 11.6 Å². The van der Waals surface area contributed by atoms with Gasteiger partial charge >= 0.3 is 6.09 Å². The van der Waals surface area contributed by atoms with E-state index in [4.69, 9.17) is 16.3 Å². The molecule has 2 N–H and O–H groups in total. The highest BCUT2D eigenvalue weighted by molar-refractivity contribution is 6.32. The van der Waals surface area contributed by atoms with Gasteiger partial charge in [-0.15, -0.1) is 0 Å². The molecule has 3 rings (SSSR count). The van der Waals surface area contributed by atoms with E-state index in [9.17, 15) is 9.59 Å². The van der Waals surface area contributed by atoms with E-state index in [0.717, 1.165) is 11.3 Å². The molecular formula is C19H17ClN4O3. The third-order valence-electron chi connectivity index (χ3n) is 3.62. The number of imidazole rings is 1. The molecule has 0 spiro atoms. The molecule has 1 aromatic heterocycles. The number of ether oxygens (including phenoxy) is 1. The number of hydrogen-bond acceptors (Lipinski definition) is 4. The van der Waals surface area contributed by atoms with Crippen molar-refractivity contribution in [1.29, 1.82) is 0 Å². The summed E-state index contributed by atoms with van der Waals surface area (Å²) in [5.74, 6) is -0.391. The summed E-state index contributed by atoms with van der Waals surface area (Å²) in [6.45, 7) is -0.0753. The fourth-order valence-electron chi connectivity index (χ4n) is 2.33. The second-order valence-corrected chi connectivity index (χ2v) is 6.01.